The molecular formula is C23H30FN3O. The zero-order chi connectivity index (χ0) is 19.9. The summed E-state index contributed by atoms with van der Waals surface area (Å²) in [5.41, 5.74) is 3.87. The van der Waals surface area contributed by atoms with E-state index in [1.807, 2.05) is 6.07 Å². The molecule has 1 unspecified atom stereocenters. The maximum absolute atomic E-state index is 13.1. The summed E-state index contributed by atoms with van der Waals surface area (Å²) in [4.78, 5) is 14.8. The average Bonchev–Trinajstić information content (AvgIpc) is 2.72. The van der Waals surface area contributed by atoms with Crippen molar-refractivity contribution in [2.24, 2.45) is 0 Å². The predicted molar refractivity (Wildman–Crippen MR) is 112 cm³/mol. The topological polar surface area (TPSA) is 44.4 Å². The number of benzene rings is 2. The summed E-state index contributed by atoms with van der Waals surface area (Å²) in [6.45, 7) is 8.51. The van der Waals surface area contributed by atoms with E-state index < -0.39 is 0 Å². The molecule has 5 heteroatoms. The van der Waals surface area contributed by atoms with Gasteiger partial charge in [-0.2, -0.15) is 0 Å². The predicted octanol–water partition coefficient (Wildman–Crippen LogP) is 4.39. The number of likely N-dealkylation sites (N-methyl/N-ethyl adjacent to an activating group) is 1. The van der Waals surface area contributed by atoms with Crippen molar-refractivity contribution in [1.82, 2.24) is 10.2 Å². The van der Waals surface area contributed by atoms with Crippen LogP contribution in [0, 0.1) is 5.82 Å². The smallest absolute Gasteiger partial charge is 0.255 e. The first-order valence-electron chi connectivity index (χ1n) is 10.3. The first-order chi connectivity index (χ1) is 13.6. The first-order valence-corrected chi connectivity index (χ1v) is 10.3. The van der Waals surface area contributed by atoms with Gasteiger partial charge in [-0.3, -0.25) is 4.79 Å². The maximum Gasteiger partial charge on any atom is 0.255 e. The molecule has 150 valence electrons. The minimum absolute atomic E-state index is 0.221. The third-order valence-electron chi connectivity index (χ3n) is 5.54. The van der Waals surface area contributed by atoms with Crippen LogP contribution in [0.1, 0.15) is 54.2 Å². The molecule has 1 aliphatic carbocycles. The van der Waals surface area contributed by atoms with Crippen molar-refractivity contribution in [3.05, 3.63) is 65.0 Å². The van der Waals surface area contributed by atoms with Gasteiger partial charge in [0.2, 0.25) is 0 Å². The molecule has 0 heterocycles. The van der Waals surface area contributed by atoms with Crippen molar-refractivity contribution in [3.8, 4) is 0 Å². The van der Waals surface area contributed by atoms with Gasteiger partial charge in [0.15, 0.2) is 0 Å². The van der Waals surface area contributed by atoms with E-state index in [1.54, 1.807) is 0 Å². The summed E-state index contributed by atoms with van der Waals surface area (Å²) in [7, 11) is 0. The fourth-order valence-corrected chi connectivity index (χ4v) is 3.83. The highest BCUT2D eigenvalue weighted by Crippen LogP contribution is 2.31. The number of carbonyl (C=O) groups excluding carboxylic acids is 1. The van der Waals surface area contributed by atoms with E-state index in [0.29, 0.717) is 11.6 Å². The normalized spacial score (nSPS) is 16.1. The van der Waals surface area contributed by atoms with Gasteiger partial charge in [-0.25, -0.2) is 4.39 Å². The van der Waals surface area contributed by atoms with Crippen LogP contribution in [-0.2, 0) is 6.42 Å². The van der Waals surface area contributed by atoms with Crippen LogP contribution in [0.25, 0.3) is 0 Å². The Hall–Kier alpha value is -2.24. The second-order valence-electron chi connectivity index (χ2n) is 7.30. The van der Waals surface area contributed by atoms with Crippen LogP contribution in [0.15, 0.2) is 42.5 Å². The molecule has 2 aromatic rings. The standard InChI is InChI=1S/C23H30FN3O/c1-3-27(4-2)15-14-25-22-7-5-6-17-10-13-20(16-21(17)22)26-23(28)18-8-11-19(24)12-9-18/h8-13,16,22,25H,3-7,14-15H2,1-2H3,(H,26,28). The zero-order valence-electron chi connectivity index (χ0n) is 16.8. The highest BCUT2D eigenvalue weighted by atomic mass is 19.1. The van der Waals surface area contributed by atoms with Crippen LogP contribution in [0.5, 0.6) is 0 Å². The Bertz CT molecular complexity index is 787. The number of aryl methyl sites for hydroxylation is 1. The molecule has 2 aromatic carbocycles. The number of amides is 1. The molecule has 0 spiro atoms. The number of carbonyl (C=O) groups is 1. The third-order valence-corrected chi connectivity index (χ3v) is 5.54. The van der Waals surface area contributed by atoms with Gasteiger partial charge in [0, 0.05) is 30.4 Å². The van der Waals surface area contributed by atoms with Gasteiger partial charge >= 0.3 is 0 Å². The van der Waals surface area contributed by atoms with Gasteiger partial charge in [0.25, 0.3) is 5.91 Å². The van der Waals surface area contributed by atoms with E-state index in [2.05, 4.69) is 41.5 Å². The van der Waals surface area contributed by atoms with Crippen molar-refractivity contribution in [2.45, 2.75) is 39.2 Å². The number of nitrogens with zero attached hydrogens (tertiary/aromatic N) is 1. The van der Waals surface area contributed by atoms with Crippen molar-refractivity contribution >= 4 is 11.6 Å². The fraction of sp³-hybridized carbons (Fsp3) is 0.435. The van der Waals surface area contributed by atoms with Gasteiger partial charge in [0.05, 0.1) is 0 Å². The summed E-state index contributed by atoms with van der Waals surface area (Å²) in [5.74, 6) is -0.564. The van der Waals surface area contributed by atoms with Crippen molar-refractivity contribution in [3.63, 3.8) is 0 Å². The van der Waals surface area contributed by atoms with Gasteiger partial charge in [0.1, 0.15) is 5.82 Å². The molecule has 1 atom stereocenters. The first kappa shape index (κ1) is 20.5. The molecule has 0 fully saturated rings. The van der Waals surface area contributed by atoms with Gasteiger partial charge < -0.3 is 15.5 Å². The lowest BCUT2D eigenvalue weighted by atomic mass is 9.87. The Kier molecular flexibility index (Phi) is 7.18. The molecule has 1 amide bonds. The monoisotopic (exact) mass is 383 g/mol. The summed E-state index contributed by atoms with van der Waals surface area (Å²) < 4.78 is 13.1. The molecule has 28 heavy (non-hydrogen) atoms. The molecule has 0 saturated carbocycles. The van der Waals surface area contributed by atoms with Crippen LogP contribution < -0.4 is 10.6 Å². The van der Waals surface area contributed by atoms with Crippen LogP contribution in [0.4, 0.5) is 10.1 Å². The Balaban J connectivity index is 1.67. The van der Waals surface area contributed by atoms with Gasteiger partial charge in [-0.15, -0.1) is 0 Å². The Morgan fingerprint density at radius 1 is 1.14 bits per heavy atom. The lowest BCUT2D eigenvalue weighted by Crippen LogP contribution is -2.34. The highest BCUT2D eigenvalue weighted by Gasteiger charge is 2.20. The van der Waals surface area contributed by atoms with Crippen LogP contribution in [0.2, 0.25) is 0 Å². The summed E-state index contributed by atoms with van der Waals surface area (Å²) >= 11 is 0. The Labute approximate surface area is 167 Å². The molecule has 4 nitrogen and oxygen atoms in total. The summed E-state index contributed by atoms with van der Waals surface area (Å²) in [6.07, 6.45) is 3.37. The number of hydrogen-bond donors (Lipinski definition) is 2. The van der Waals surface area contributed by atoms with Crippen molar-refractivity contribution < 1.29 is 9.18 Å². The number of halogens is 1. The second kappa shape index (κ2) is 9.80. The molecule has 1 aliphatic rings. The molecule has 0 bridgehead atoms. The molecule has 2 N–H and O–H groups in total. The van der Waals surface area contributed by atoms with Crippen LogP contribution >= 0.6 is 0 Å². The third kappa shape index (κ3) is 5.18. The second-order valence-corrected chi connectivity index (χ2v) is 7.30. The number of nitrogens with one attached hydrogen (secondary N) is 2. The van der Waals surface area contributed by atoms with E-state index >= 15 is 0 Å². The van der Waals surface area contributed by atoms with E-state index in [9.17, 15) is 9.18 Å². The Morgan fingerprint density at radius 3 is 2.61 bits per heavy atom. The number of rotatable bonds is 8. The summed E-state index contributed by atoms with van der Waals surface area (Å²) in [5, 5.41) is 6.64. The zero-order valence-corrected chi connectivity index (χ0v) is 16.8. The Morgan fingerprint density at radius 2 is 1.89 bits per heavy atom. The molecule has 0 saturated heterocycles. The quantitative estimate of drug-likeness (QED) is 0.711. The number of fused-ring (bicyclic) bond motifs is 1. The lowest BCUT2D eigenvalue weighted by molar-refractivity contribution is 0.102. The van der Waals surface area contributed by atoms with Crippen LogP contribution in [0.3, 0.4) is 0 Å². The molecule has 3 rings (SSSR count). The van der Waals surface area contributed by atoms with Crippen molar-refractivity contribution in [2.75, 3.05) is 31.5 Å². The van der Waals surface area contributed by atoms with Gasteiger partial charge in [-0.1, -0.05) is 19.9 Å². The summed E-state index contributed by atoms with van der Waals surface area (Å²) in [6, 6.07) is 12.1. The largest absolute Gasteiger partial charge is 0.322 e. The molecule has 0 aromatic heterocycles. The van der Waals surface area contributed by atoms with E-state index in [1.165, 1.54) is 41.8 Å². The number of hydrogen-bond acceptors (Lipinski definition) is 3. The lowest BCUT2D eigenvalue weighted by Gasteiger charge is -2.28. The van der Waals surface area contributed by atoms with Gasteiger partial charge in [-0.05, 0) is 79.9 Å². The number of anilines is 1. The maximum atomic E-state index is 13.1. The minimum Gasteiger partial charge on any atom is -0.322 e. The molecule has 0 radical (unpaired) electrons. The highest BCUT2D eigenvalue weighted by molar-refractivity contribution is 6.04. The van der Waals surface area contributed by atoms with E-state index in [4.69, 9.17) is 0 Å². The minimum atomic E-state index is -0.344. The van der Waals surface area contributed by atoms with Crippen molar-refractivity contribution in [1.29, 1.82) is 0 Å². The van der Waals surface area contributed by atoms with Crippen LogP contribution in [-0.4, -0.2) is 37.0 Å². The fourth-order valence-electron chi connectivity index (χ4n) is 3.83. The molecule has 0 aliphatic heterocycles. The van der Waals surface area contributed by atoms with E-state index in [0.717, 1.165) is 44.7 Å². The average molecular weight is 384 g/mol. The molecular weight excluding hydrogens is 353 g/mol. The van der Waals surface area contributed by atoms with E-state index in [-0.39, 0.29) is 11.7 Å². The SMILES string of the molecule is CCN(CC)CCNC1CCCc2ccc(NC(=O)c3ccc(F)cc3)cc21.